The summed E-state index contributed by atoms with van der Waals surface area (Å²) in [4.78, 5) is 17.1. The number of nitrogens with two attached hydrogens (primary N) is 1. The standard InChI is InChI=1S/C14H20N2O4/c1-4-20-14(17)13-10-8-11(16-19-3)12(18-2)7-9(10)5-6-15-13/h7-8,13,15-16H,4-6H2,1-3H3/p+1. The van der Waals surface area contributed by atoms with E-state index < -0.39 is 6.04 Å². The zero-order valence-electron chi connectivity index (χ0n) is 12.1. The molecule has 1 aromatic carbocycles. The maximum Gasteiger partial charge on any atom is 0.327 e. The number of methoxy groups -OCH3 is 1. The van der Waals surface area contributed by atoms with E-state index in [1.54, 1.807) is 26.6 Å². The van der Waals surface area contributed by atoms with E-state index in [9.17, 15) is 4.79 Å². The van der Waals surface area contributed by atoms with Crippen LogP contribution in [0.3, 0.4) is 0 Å². The van der Waals surface area contributed by atoms with Crippen LogP contribution in [0.25, 0.3) is 0 Å². The van der Waals surface area contributed by atoms with Gasteiger partial charge in [0.15, 0.2) is 5.75 Å². The van der Waals surface area contributed by atoms with Crippen molar-refractivity contribution in [1.29, 1.82) is 0 Å². The fourth-order valence-electron chi connectivity index (χ4n) is 2.43. The van der Waals surface area contributed by atoms with Crippen LogP contribution in [0, 0.1) is 0 Å². The van der Waals surface area contributed by atoms with Gasteiger partial charge in [-0.3, -0.25) is 0 Å². The quantitative estimate of drug-likeness (QED) is 0.458. The van der Waals surface area contributed by atoms with Gasteiger partial charge < -0.3 is 14.8 Å². The molecule has 0 saturated heterocycles. The van der Waals surface area contributed by atoms with Gasteiger partial charge in [0, 0.05) is 12.6 Å². The second-order valence-electron chi connectivity index (χ2n) is 4.54. The second kappa shape index (κ2) is 6.69. The smallest absolute Gasteiger partial charge is 0.327 e. The van der Waals surface area contributed by atoms with E-state index in [2.05, 4.69) is 5.32 Å². The number of nitrogens with one attached hydrogen (secondary N) is 1. The Balaban J connectivity index is 2.39. The molecular weight excluding hydrogens is 260 g/mol. The van der Waals surface area contributed by atoms with Crippen LogP contribution in [-0.4, -0.2) is 33.3 Å². The molecule has 1 aliphatic heterocycles. The third kappa shape index (κ3) is 2.92. The Kier molecular flexibility index (Phi) is 4.94. The number of rotatable bonds is 5. The molecule has 0 saturated carbocycles. The Morgan fingerprint density at radius 2 is 2.25 bits per heavy atom. The van der Waals surface area contributed by atoms with Crippen molar-refractivity contribution in [2.24, 2.45) is 0 Å². The highest BCUT2D eigenvalue weighted by molar-refractivity contribution is 5.79. The topological polar surface area (TPSA) is 73.4 Å². The Hall–Kier alpha value is -1.63. The lowest BCUT2D eigenvalue weighted by Gasteiger charge is -2.26. The Labute approximate surface area is 118 Å². The van der Waals surface area contributed by atoms with Gasteiger partial charge in [-0.25, -0.2) is 9.63 Å². The largest absolute Gasteiger partial charge is 0.491 e. The molecule has 3 N–H and O–H groups in total. The van der Waals surface area contributed by atoms with Gasteiger partial charge in [-0.1, -0.05) is 0 Å². The fourth-order valence-corrected chi connectivity index (χ4v) is 2.43. The van der Waals surface area contributed by atoms with Crippen LogP contribution in [0.5, 0.6) is 5.75 Å². The molecule has 0 bridgehead atoms. The van der Waals surface area contributed by atoms with E-state index >= 15 is 0 Å². The highest BCUT2D eigenvalue weighted by Gasteiger charge is 2.29. The summed E-state index contributed by atoms with van der Waals surface area (Å²) < 4.78 is 10.5. The maximum absolute atomic E-state index is 12.0. The van der Waals surface area contributed by atoms with Crippen LogP contribution >= 0.6 is 0 Å². The zero-order valence-corrected chi connectivity index (χ0v) is 12.1. The van der Waals surface area contributed by atoms with Gasteiger partial charge >= 0.3 is 5.97 Å². The molecule has 0 aliphatic carbocycles. The Morgan fingerprint density at radius 1 is 1.45 bits per heavy atom. The number of hydrogen-bond acceptors (Lipinski definition) is 5. The third-order valence-corrected chi connectivity index (χ3v) is 3.31. The van der Waals surface area contributed by atoms with Crippen molar-refractivity contribution in [3.63, 3.8) is 0 Å². The van der Waals surface area contributed by atoms with Crippen molar-refractivity contribution >= 4 is 11.7 Å². The molecular formula is C14H21N2O4+. The Bertz CT molecular complexity index is 490. The van der Waals surface area contributed by atoms with Gasteiger partial charge in [0.05, 0.1) is 20.8 Å². The SMILES string of the molecule is CCOC(=O)C1NCCc2cc(OC)c([NH2+]OC)cc21. The average molecular weight is 281 g/mol. The second-order valence-corrected chi connectivity index (χ2v) is 4.54. The summed E-state index contributed by atoms with van der Waals surface area (Å²) in [5.41, 5.74) is 4.45. The zero-order chi connectivity index (χ0) is 14.5. The van der Waals surface area contributed by atoms with Crippen molar-refractivity contribution in [2.75, 3.05) is 27.4 Å². The van der Waals surface area contributed by atoms with Crippen molar-refractivity contribution in [2.45, 2.75) is 19.4 Å². The summed E-state index contributed by atoms with van der Waals surface area (Å²) in [7, 11) is 3.21. The summed E-state index contributed by atoms with van der Waals surface area (Å²) >= 11 is 0. The molecule has 1 aromatic rings. The minimum Gasteiger partial charge on any atom is -0.491 e. The number of hydrogen-bond donors (Lipinski definition) is 2. The first-order valence-corrected chi connectivity index (χ1v) is 6.68. The molecule has 1 heterocycles. The third-order valence-electron chi connectivity index (χ3n) is 3.31. The number of ether oxygens (including phenoxy) is 2. The normalized spacial score (nSPS) is 17.4. The van der Waals surface area contributed by atoms with Crippen LogP contribution in [-0.2, 0) is 20.8 Å². The predicted molar refractivity (Wildman–Crippen MR) is 72.7 cm³/mol. The lowest BCUT2D eigenvalue weighted by Crippen LogP contribution is -2.76. The van der Waals surface area contributed by atoms with Crippen molar-refractivity contribution in [3.8, 4) is 5.75 Å². The van der Waals surface area contributed by atoms with E-state index in [-0.39, 0.29) is 5.97 Å². The summed E-state index contributed by atoms with van der Waals surface area (Å²) in [5.74, 6) is 0.497. The number of quaternary nitrogens is 1. The highest BCUT2D eigenvalue weighted by atomic mass is 16.6. The lowest BCUT2D eigenvalue weighted by atomic mass is 9.93. The van der Waals surface area contributed by atoms with Crippen molar-refractivity contribution < 1.29 is 24.6 Å². The molecule has 0 aromatic heterocycles. The number of fused-ring (bicyclic) bond motifs is 1. The summed E-state index contributed by atoms with van der Waals surface area (Å²) in [6.45, 7) is 2.92. The van der Waals surface area contributed by atoms with Crippen LogP contribution in [0.2, 0.25) is 0 Å². The van der Waals surface area contributed by atoms with Gasteiger partial charge in [-0.2, -0.15) is 5.48 Å². The van der Waals surface area contributed by atoms with Crippen molar-refractivity contribution in [3.05, 3.63) is 23.3 Å². The lowest BCUT2D eigenvalue weighted by molar-refractivity contribution is -0.830. The van der Waals surface area contributed by atoms with Gasteiger partial charge in [-0.05, 0) is 30.5 Å². The molecule has 1 aliphatic rings. The average Bonchev–Trinajstić information content (AvgIpc) is 2.46. The van der Waals surface area contributed by atoms with E-state index in [1.165, 1.54) is 0 Å². The molecule has 0 fully saturated rings. The maximum atomic E-state index is 12.0. The van der Waals surface area contributed by atoms with E-state index in [0.29, 0.717) is 6.61 Å². The van der Waals surface area contributed by atoms with Gasteiger partial charge in [-0.15, -0.1) is 0 Å². The van der Waals surface area contributed by atoms with Gasteiger partial charge in [0.25, 0.3) is 0 Å². The van der Waals surface area contributed by atoms with E-state index in [1.807, 2.05) is 12.1 Å². The monoisotopic (exact) mass is 281 g/mol. The molecule has 2 rings (SSSR count). The van der Waals surface area contributed by atoms with E-state index in [0.717, 1.165) is 35.5 Å². The first kappa shape index (κ1) is 14.8. The minimum atomic E-state index is -0.423. The van der Waals surface area contributed by atoms with Gasteiger partial charge in [0.1, 0.15) is 6.04 Å². The summed E-state index contributed by atoms with van der Waals surface area (Å²) in [5, 5.41) is 3.20. The van der Waals surface area contributed by atoms with Crippen LogP contribution in [0.1, 0.15) is 24.1 Å². The van der Waals surface area contributed by atoms with Crippen LogP contribution < -0.4 is 15.5 Å². The molecule has 1 atom stereocenters. The molecule has 110 valence electrons. The fraction of sp³-hybridized carbons (Fsp3) is 0.500. The first-order chi connectivity index (χ1) is 9.71. The van der Waals surface area contributed by atoms with Crippen LogP contribution in [0.4, 0.5) is 5.69 Å². The highest BCUT2D eigenvalue weighted by Crippen LogP contribution is 2.31. The summed E-state index contributed by atoms with van der Waals surface area (Å²) in [6, 6.07) is 3.46. The Morgan fingerprint density at radius 3 is 2.90 bits per heavy atom. The number of benzene rings is 1. The molecule has 6 nitrogen and oxygen atoms in total. The predicted octanol–water partition coefficient (Wildman–Crippen LogP) is 0.201. The number of carbonyl (C=O) groups excluding carboxylic acids is 1. The number of carbonyl (C=O) groups is 1. The van der Waals surface area contributed by atoms with Crippen LogP contribution in [0.15, 0.2) is 12.1 Å². The summed E-state index contributed by atoms with van der Waals surface area (Å²) in [6.07, 6.45) is 0.856. The van der Waals surface area contributed by atoms with Crippen molar-refractivity contribution in [1.82, 2.24) is 5.32 Å². The molecule has 20 heavy (non-hydrogen) atoms. The first-order valence-electron chi connectivity index (χ1n) is 6.68. The molecule has 6 heteroatoms. The van der Waals surface area contributed by atoms with Gasteiger partial charge in [0.2, 0.25) is 5.69 Å². The molecule has 1 unspecified atom stereocenters. The molecule has 0 amide bonds. The molecule has 0 radical (unpaired) electrons. The van der Waals surface area contributed by atoms with E-state index in [4.69, 9.17) is 14.3 Å². The minimum absolute atomic E-state index is 0.248. The number of esters is 1. The molecule has 0 spiro atoms.